The highest BCUT2D eigenvalue weighted by atomic mass is 32.1. The second-order valence-corrected chi connectivity index (χ2v) is 6.21. The Hall–Kier alpha value is -1.56. The van der Waals surface area contributed by atoms with E-state index in [1.807, 2.05) is 17.5 Å². The van der Waals surface area contributed by atoms with Gasteiger partial charge in [-0.25, -0.2) is 4.79 Å². The lowest BCUT2D eigenvalue weighted by Gasteiger charge is -2.17. The van der Waals surface area contributed by atoms with Gasteiger partial charge in [0.1, 0.15) is 0 Å². The summed E-state index contributed by atoms with van der Waals surface area (Å²) in [6.45, 7) is 0.743. The molecule has 1 fully saturated rings. The van der Waals surface area contributed by atoms with Crippen molar-refractivity contribution in [1.82, 2.24) is 10.6 Å². The predicted octanol–water partition coefficient (Wildman–Crippen LogP) is 2.15. The number of nitrogens with two attached hydrogens (primary N) is 1. The minimum Gasteiger partial charge on any atom is -0.356 e. The number of rotatable bonds is 6. The van der Waals surface area contributed by atoms with Gasteiger partial charge in [0.05, 0.1) is 12.5 Å². The maximum atomic E-state index is 12.0. The Morgan fingerprint density at radius 1 is 1.40 bits per heavy atom. The Bertz CT molecular complexity index is 441. The molecule has 0 spiro atoms. The minimum absolute atomic E-state index is 0.0379. The maximum Gasteiger partial charge on any atom is 0.312 e. The summed E-state index contributed by atoms with van der Waals surface area (Å²) in [5.41, 5.74) is 5.17. The van der Waals surface area contributed by atoms with Crippen molar-refractivity contribution in [1.29, 1.82) is 0 Å². The second kappa shape index (κ2) is 7.28. The highest BCUT2D eigenvalue weighted by molar-refractivity contribution is 7.10. The third-order valence-electron chi connectivity index (χ3n) is 3.66. The molecule has 0 aromatic carbocycles. The van der Waals surface area contributed by atoms with Gasteiger partial charge in [-0.15, -0.1) is 11.3 Å². The van der Waals surface area contributed by atoms with Crippen LogP contribution < -0.4 is 16.4 Å². The Morgan fingerprint density at radius 3 is 2.75 bits per heavy atom. The van der Waals surface area contributed by atoms with Crippen LogP contribution in [0.2, 0.25) is 0 Å². The van der Waals surface area contributed by atoms with E-state index in [-0.39, 0.29) is 18.4 Å². The van der Waals surface area contributed by atoms with E-state index >= 15 is 0 Å². The van der Waals surface area contributed by atoms with Gasteiger partial charge in [-0.3, -0.25) is 4.79 Å². The molecule has 0 bridgehead atoms. The van der Waals surface area contributed by atoms with Gasteiger partial charge in [-0.05, 0) is 30.2 Å². The zero-order valence-corrected chi connectivity index (χ0v) is 12.2. The summed E-state index contributed by atoms with van der Waals surface area (Å²) in [6.07, 6.45) is 5.17. The van der Waals surface area contributed by atoms with Crippen molar-refractivity contribution in [3.63, 3.8) is 0 Å². The average molecular weight is 295 g/mol. The zero-order chi connectivity index (χ0) is 14.4. The molecule has 1 aliphatic rings. The smallest absolute Gasteiger partial charge is 0.312 e. The van der Waals surface area contributed by atoms with Crippen LogP contribution in [0.5, 0.6) is 0 Å². The largest absolute Gasteiger partial charge is 0.356 e. The van der Waals surface area contributed by atoms with E-state index in [0.717, 1.165) is 11.4 Å². The van der Waals surface area contributed by atoms with E-state index in [1.54, 1.807) is 0 Å². The summed E-state index contributed by atoms with van der Waals surface area (Å²) in [5, 5.41) is 7.51. The fraction of sp³-hybridized carbons (Fsp3) is 0.571. The molecule has 1 atom stereocenters. The quantitative estimate of drug-likeness (QED) is 0.751. The first-order valence-corrected chi connectivity index (χ1v) is 7.89. The molecular formula is C14H21N3O2S. The first kappa shape index (κ1) is 14.8. The van der Waals surface area contributed by atoms with Gasteiger partial charge in [0, 0.05) is 11.4 Å². The molecule has 1 aromatic heterocycles. The standard InChI is InChI=1S/C14H21N3O2S/c15-14(19)17-11(12-6-3-7-20-12)8-13(18)16-9-10-4-1-2-5-10/h3,6-7,10-11H,1-2,4-5,8-9H2,(H,16,18)(H3,15,17,19)/t11-/m0/s1. The summed E-state index contributed by atoms with van der Waals surface area (Å²) < 4.78 is 0. The zero-order valence-electron chi connectivity index (χ0n) is 11.4. The van der Waals surface area contributed by atoms with E-state index in [9.17, 15) is 9.59 Å². The second-order valence-electron chi connectivity index (χ2n) is 5.24. The predicted molar refractivity (Wildman–Crippen MR) is 79.4 cm³/mol. The van der Waals surface area contributed by atoms with Crippen molar-refractivity contribution in [3.8, 4) is 0 Å². The molecule has 6 heteroatoms. The van der Waals surface area contributed by atoms with E-state index in [2.05, 4.69) is 10.6 Å². The molecule has 4 N–H and O–H groups in total. The van der Waals surface area contributed by atoms with Crippen molar-refractivity contribution in [3.05, 3.63) is 22.4 Å². The number of thiophene rings is 1. The van der Waals surface area contributed by atoms with Crippen molar-refractivity contribution in [2.24, 2.45) is 11.7 Å². The molecule has 0 aliphatic heterocycles. The monoisotopic (exact) mass is 295 g/mol. The van der Waals surface area contributed by atoms with Crippen LogP contribution in [0.3, 0.4) is 0 Å². The van der Waals surface area contributed by atoms with Gasteiger partial charge in [0.2, 0.25) is 5.91 Å². The van der Waals surface area contributed by atoms with Crippen LogP contribution in [0.25, 0.3) is 0 Å². The molecule has 1 aromatic rings. The fourth-order valence-electron chi connectivity index (χ4n) is 2.61. The fourth-order valence-corrected chi connectivity index (χ4v) is 3.39. The minimum atomic E-state index is -0.605. The molecule has 2 rings (SSSR count). The van der Waals surface area contributed by atoms with E-state index in [4.69, 9.17) is 5.73 Å². The van der Waals surface area contributed by atoms with Crippen molar-refractivity contribution < 1.29 is 9.59 Å². The number of hydrogen-bond donors (Lipinski definition) is 3. The lowest BCUT2D eigenvalue weighted by Crippen LogP contribution is -2.37. The molecule has 1 saturated carbocycles. The normalized spacial score (nSPS) is 16.8. The Balaban J connectivity index is 1.83. The van der Waals surface area contributed by atoms with Gasteiger partial charge in [0.15, 0.2) is 0 Å². The number of carbonyl (C=O) groups is 2. The summed E-state index contributed by atoms with van der Waals surface area (Å²) in [5.74, 6) is 0.576. The lowest BCUT2D eigenvalue weighted by molar-refractivity contribution is -0.121. The van der Waals surface area contributed by atoms with Crippen LogP contribution in [-0.4, -0.2) is 18.5 Å². The van der Waals surface area contributed by atoms with Gasteiger partial charge < -0.3 is 16.4 Å². The molecule has 0 saturated heterocycles. The van der Waals surface area contributed by atoms with E-state index in [1.165, 1.54) is 37.0 Å². The molecule has 20 heavy (non-hydrogen) atoms. The Morgan fingerprint density at radius 2 is 2.15 bits per heavy atom. The van der Waals surface area contributed by atoms with Crippen molar-refractivity contribution in [2.75, 3.05) is 6.54 Å². The third kappa shape index (κ3) is 4.52. The number of nitrogens with one attached hydrogen (secondary N) is 2. The average Bonchev–Trinajstić information content (AvgIpc) is 3.08. The third-order valence-corrected chi connectivity index (χ3v) is 4.64. The van der Waals surface area contributed by atoms with E-state index < -0.39 is 6.03 Å². The highest BCUT2D eigenvalue weighted by Crippen LogP contribution is 2.24. The molecule has 5 nitrogen and oxygen atoms in total. The summed E-state index contributed by atoms with van der Waals surface area (Å²) in [7, 11) is 0. The summed E-state index contributed by atoms with van der Waals surface area (Å²) in [6, 6.07) is 2.85. The van der Waals surface area contributed by atoms with Crippen LogP contribution in [0.4, 0.5) is 4.79 Å². The van der Waals surface area contributed by atoms with E-state index in [0.29, 0.717) is 5.92 Å². The maximum absolute atomic E-state index is 12.0. The summed E-state index contributed by atoms with van der Waals surface area (Å²) >= 11 is 1.51. The van der Waals surface area contributed by atoms with Crippen LogP contribution >= 0.6 is 11.3 Å². The van der Waals surface area contributed by atoms with Crippen LogP contribution in [0.1, 0.15) is 43.0 Å². The number of urea groups is 1. The molecular weight excluding hydrogens is 274 g/mol. The van der Waals surface area contributed by atoms with Crippen LogP contribution in [-0.2, 0) is 4.79 Å². The number of amides is 3. The number of carbonyl (C=O) groups excluding carboxylic acids is 2. The highest BCUT2D eigenvalue weighted by Gasteiger charge is 2.20. The number of hydrogen-bond acceptors (Lipinski definition) is 3. The first-order chi connectivity index (χ1) is 9.65. The summed E-state index contributed by atoms with van der Waals surface area (Å²) in [4.78, 5) is 24.0. The van der Waals surface area contributed by atoms with Crippen molar-refractivity contribution >= 4 is 23.3 Å². The van der Waals surface area contributed by atoms with Crippen LogP contribution in [0.15, 0.2) is 17.5 Å². The molecule has 1 aliphatic carbocycles. The SMILES string of the molecule is NC(=O)N[C@@H](CC(=O)NCC1CCCC1)c1cccs1. The molecule has 1 heterocycles. The molecule has 110 valence electrons. The first-order valence-electron chi connectivity index (χ1n) is 7.01. The van der Waals surface area contributed by atoms with Gasteiger partial charge in [-0.2, -0.15) is 0 Å². The Labute approximate surface area is 122 Å². The lowest BCUT2D eigenvalue weighted by atomic mass is 10.1. The molecule has 0 unspecified atom stereocenters. The molecule has 0 radical (unpaired) electrons. The number of primary amides is 1. The van der Waals surface area contributed by atoms with Crippen LogP contribution in [0, 0.1) is 5.92 Å². The van der Waals surface area contributed by atoms with Crippen molar-refractivity contribution in [2.45, 2.75) is 38.1 Å². The topological polar surface area (TPSA) is 84.2 Å². The van der Waals surface area contributed by atoms with Gasteiger partial charge >= 0.3 is 6.03 Å². The Kier molecular flexibility index (Phi) is 5.40. The van der Waals surface area contributed by atoms with Gasteiger partial charge in [-0.1, -0.05) is 18.9 Å². The molecule has 3 amide bonds. The van der Waals surface area contributed by atoms with Gasteiger partial charge in [0.25, 0.3) is 0 Å².